The fourth-order valence-corrected chi connectivity index (χ4v) is 1.39. The summed E-state index contributed by atoms with van der Waals surface area (Å²) in [7, 11) is 0. The predicted molar refractivity (Wildman–Crippen MR) is 65.3 cm³/mol. The highest BCUT2D eigenvalue weighted by Crippen LogP contribution is 2.22. The standard InChI is InChI=1S/C11H11ClF2N2O3/c1-2-6(12)5-15-11(17)8-3-7(13)4-9(10(8)14)16(18)19/h3-4,6H,2,5H2,1H3,(H,15,17). The summed E-state index contributed by atoms with van der Waals surface area (Å²) in [5.74, 6) is -3.37. The Bertz CT molecular complexity index is 511. The summed E-state index contributed by atoms with van der Waals surface area (Å²) in [5, 5.41) is 12.4. The van der Waals surface area contributed by atoms with Gasteiger partial charge in [0.2, 0.25) is 5.82 Å². The van der Waals surface area contributed by atoms with E-state index in [4.69, 9.17) is 11.6 Å². The number of carbonyl (C=O) groups is 1. The van der Waals surface area contributed by atoms with Gasteiger partial charge >= 0.3 is 5.69 Å². The Kier molecular flexibility index (Phi) is 5.17. The smallest absolute Gasteiger partial charge is 0.308 e. The highest BCUT2D eigenvalue weighted by Gasteiger charge is 2.24. The first-order valence-corrected chi connectivity index (χ1v) is 5.86. The van der Waals surface area contributed by atoms with Crippen LogP contribution in [0.4, 0.5) is 14.5 Å². The molecule has 1 aromatic rings. The van der Waals surface area contributed by atoms with Gasteiger partial charge in [0.1, 0.15) is 5.82 Å². The largest absolute Gasteiger partial charge is 0.350 e. The van der Waals surface area contributed by atoms with E-state index in [1.165, 1.54) is 0 Å². The molecule has 5 nitrogen and oxygen atoms in total. The molecule has 1 N–H and O–H groups in total. The molecule has 0 fully saturated rings. The lowest BCUT2D eigenvalue weighted by Crippen LogP contribution is -2.30. The number of rotatable bonds is 5. The zero-order valence-corrected chi connectivity index (χ0v) is 10.7. The summed E-state index contributed by atoms with van der Waals surface area (Å²) in [4.78, 5) is 21.0. The molecule has 0 bridgehead atoms. The molecular formula is C11H11ClF2N2O3. The Morgan fingerprint density at radius 3 is 2.68 bits per heavy atom. The van der Waals surface area contributed by atoms with Crippen molar-refractivity contribution in [3.63, 3.8) is 0 Å². The third-order valence-electron chi connectivity index (χ3n) is 2.39. The van der Waals surface area contributed by atoms with E-state index >= 15 is 0 Å². The molecule has 1 atom stereocenters. The molecule has 0 radical (unpaired) electrons. The highest BCUT2D eigenvalue weighted by atomic mass is 35.5. The highest BCUT2D eigenvalue weighted by molar-refractivity contribution is 6.20. The van der Waals surface area contributed by atoms with Crippen LogP contribution in [-0.4, -0.2) is 22.8 Å². The average molecular weight is 293 g/mol. The van der Waals surface area contributed by atoms with E-state index in [9.17, 15) is 23.7 Å². The van der Waals surface area contributed by atoms with Gasteiger partial charge in [-0.05, 0) is 12.5 Å². The normalized spacial score (nSPS) is 12.0. The Balaban J connectivity index is 3.00. The van der Waals surface area contributed by atoms with Gasteiger partial charge in [-0.2, -0.15) is 4.39 Å². The molecule has 104 valence electrons. The molecule has 0 aromatic heterocycles. The zero-order chi connectivity index (χ0) is 14.6. The third kappa shape index (κ3) is 3.85. The van der Waals surface area contributed by atoms with Crippen molar-refractivity contribution in [1.29, 1.82) is 0 Å². The number of benzene rings is 1. The van der Waals surface area contributed by atoms with Crippen molar-refractivity contribution in [2.24, 2.45) is 0 Å². The number of nitro groups is 1. The topological polar surface area (TPSA) is 72.2 Å². The zero-order valence-electron chi connectivity index (χ0n) is 9.95. The molecule has 1 unspecified atom stereocenters. The van der Waals surface area contributed by atoms with Crippen molar-refractivity contribution in [3.05, 3.63) is 39.4 Å². The molecule has 1 aromatic carbocycles. The molecule has 0 heterocycles. The van der Waals surface area contributed by atoms with Gasteiger partial charge in [-0.15, -0.1) is 11.6 Å². The van der Waals surface area contributed by atoms with E-state index in [0.717, 1.165) is 0 Å². The lowest BCUT2D eigenvalue weighted by molar-refractivity contribution is -0.387. The fourth-order valence-electron chi connectivity index (χ4n) is 1.32. The number of nitrogens with zero attached hydrogens (tertiary/aromatic N) is 1. The summed E-state index contributed by atoms with van der Waals surface area (Å²) >= 11 is 5.76. The molecule has 8 heteroatoms. The SMILES string of the molecule is CCC(Cl)CNC(=O)c1cc(F)cc([N+](=O)[O-])c1F. The number of carbonyl (C=O) groups excluding carboxylic acids is 1. The van der Waals surface area contributed by atoms with E-state index in [1.54, 1.807) is 6.92 Å². The fraction of sp³-hybridized carbons (Fsp3) is 0.364. The summed E-state index contributed by atoms with van der Waals surface area (Å²) in [6.45, 7) is 1.85. The van der Waals surface area contributed by atoms with Crippen molar-refractivity contribution in [1.82, 2.24) is 5.32 Å². The number of hydrogen-bond acceptors (Lipinski definition) is 3. The van der Waals surface area contributed by atoms with Crippen molar-refractivity contribution in [3.8, 4) is 0 Å². The van der Waals surface area contributed by atoms with Crippen molar-refractivity contribution < 1.29 is 18.5 Å². The van der Waals surface area contributed by atoms with Crippen LogP contribution >= 0.6 is 11.6 Å². The molecule has 0 aliphatic rings. The van der Waals surface area contributed by atoms with Crippen LogP contribution in [-0.2, 0) is 0 Å². The molecule has 1 rings (SSSR count). The molecule has 0 saturated heterocycles. The van der Waals surface area contributed by atoms with Gasteiger partial charge in [0, 0.05) is 6.54 Å². The van der Waals surface area contributed by atoms with Crippen LogP contribution in [0.5, 0.6) is 0 Å². The van der Waals surface area contributed by atoms with Gasteiger partial charge in [-0.3, -0.25) is 14.9 Å². The summed E-state index contributed by atoms with van der Waals surface area (Å²) < 4.78 is 26.8. The lowest BCUT2D eigenvalue weighted by atomic mass is 10.1. The molecule has 0 aliphatic carbocycles. The van der Waals surface area contributed by atoms with E-state index in [1.807, 2.05) is 0 Å². The summed E-state index contributed by atoms with van der Waals surface area (Å²) in [5.41, 5.74) is -1.80. The summed E-state index contributed by atoms with van der Waals surface area (Å²) in [6, 6.07) is 1.02. The maximum atomic E-state index is 13.7. The third-order valence-corrected chi connectivity index (χ3v) is 2.85. The van der Waals surface area contributed by atoms with Gasteiger partial charge in [0.05, 0.1) is 21.9 Å². The second-order valence-electron chi connectivity index (χ2n) is 3.76. The van der Waals surface area contributed by atoms with Gasteiger partial charge < -0.3 is 5.32 Å². The van der Waals surface area contributed by atoms with E-state index in [-0.39, 0.29) is 11.9 Å². The quantitative estimate of drug-likeness (QED) is 0.515. The first-order valence-electron chi connectivity index (χ1n) is 5.42. The van der Waals surface area contributed by atoms with Crippen LogP contribution < -0.4 is 5.32 Å². The number of nitro benzene ring substituents is 1. The number of amides is 1. The predicted octanol–water partition coefficient (Wildman–Crippen LogP) is 2.62. The molecule has 0 saturated carbocycles. The van der Waals surface area contributed by atoms with Gasteiger partial charge in [-0.1, -0.05) is 6.92 Å². The molecule has 19 heavy (non-hydrogen) atoms. The second-order valence-corrected chi connectivity index (χ2v) is 4.38. The van der Waals surface area contributed by atoms with Crippen LogP contribution in [0.25, 0.3) is 0 Å². The average Bonchev–Trinajstić information content (AvgIpc) is 2.37. The number of alkyl halides is 1. The van der Waals surface area contributed by atoms with Crippen LogP contribution in [0.1, 0.15) is 23.7 Å². The van der Waals surface area contributed by atoms with E-state index in [2.05, 4.69) is 5.32 Å². The first-order chi connectivity index (χ1) is 8.86. The number of halogens is 3. The van der Waals surface area contributed by atoms with Crippen LogP contribution in [0.2, 0.25) is 0 Å². The minimum absolute atomic E-state index is 0.0562. The van der Waals surface area contributed by atoms with Crippen LogP contribution in [0.3, 0.4) is 0 Å². The van der Waals surface area contributed by atoms with Crippen molar-refractivity contribution in [2.45, 2.75) is 18.7 Å². The van der Waals surface area contributed by atoms with E-state index in [0.29, 0.717) is 18.6 Å². The molecule has 0 spiro atoms. The number of hydrogen-bond donors (Lipinski definition) is 1. The van der Waals surface area contributed by atoms with Gasteiger partial charge in [0.25, 0.3) is 5.91 Å². The molecular weight excluding hydrogens is 282 g/mol. The Morgan fingerprint density at radius 2 is 2.16 bits per heavy atom. The molecule has 0 aliphatic heterocycles. The maximum Gasteiger partial charge on any atom is 0.308 e. The van der Waals surface area contributed by atoms with Gasteiger partial charge in [-0.25, -0.2) is 4.39 Å². The first kappa shape index (κ1) is 15.3. The Morgan fingerprint density at radius 1 is 1.53 bits per heavy atom. The van der Waals surface area contributed by atoms with Crippen molar-refractivity contribution in [2.75, 3.05) is 6.54 Å². The summed E-state index contributed by atoms with van der Waals surface area (Å²) in [6.07, 6.45) is 0.577. The maximum absolute atomic E-state index is 13.7. The van der Waals surface area contributed by atoms with Gasteiger partial charge in [0.15, 0.2) is 0 Å². The van der Waals surface area contributed by atoms with Crippen molar-refractivity contribution >= 4 is 23.2 Å². The lowest BCUT2D eigenvalue weighted by Gasteiger charge is -2.09. The van der Waals surface area contributed by atoms with Crippen LogP contribution in [0.15, 0.2) is 12.1 Å². The second kappa shape index (κ2) is 6.42. The monoisotopic (exact) mass is 292 g/mol. The van der Waals surface area contributed by atoms with E-state index < -0.39 is 33.7 Å². The molecule has 1 amide bonds. The Labute approximate surface area is 112 Å². The minimum atomic E-state index is -1.37. The number of nitrogens with one attached hydrogen (secondary N) is 1. The van der Waals surface area contributed by atoms with Crippen LogP contribution in [0, 0.1) is 21.7 Å². The minimum Gasteiger partial charge on any atom is -0.350 e. The Hall–Kier alpha value is -1.76.